The number of hydrogen-bond acceptors (Lipinski definition) is 3. The minimum Gasteiger partial charge on any atom is -0.387 e. The van der Waals surface area contributed by atoms with E-state index >= 15 is 0 Å². The molecule has 120 valence electrons. The molecular formula is C20H23NO2. The number of aldehydes is 1. The predicted molar refractivity (Wildman–Crippen MR) is 95.8 cm³/mol. The number of ether oxygens (including phenoxy) is 1. The molecule has 3 rings (SSSR count). The van der Waals surface area contributed by atoms with E-state index in [1.54, 1.807) is 0 Å². The molecule has 3 heteroatoms. The fraction of sp³-hybridized carbons (Fsp3) is 0.250. The van der Waals surface area contributed by atoms with Crippen molar-refractivity contribution in [3.05, 3.63) is 70.8 Å². The van der Waals surface area contributed by atoms with Crippen LogP contribution in [-0.4, -0.2) is 19.9 Å². The molecular weight excluding hydrogens is 286 g/mol. The fourth-order valence-electron chi connectivity index (χ4n) is 2.76. The zero-order valence-electron chi connectivity index (χ0n) is 12.6. The first kappa shape index (κ1) is 17.0. The lowest BCUT2D eigenvalue weighted by molar-refractivity contribution is -0.104. The first-order valence-electron chi connectivity index (χ1n) is 7.44. The highest BCUT2D eigenvalue weighted by molar-refractivity contribution is 5.81. The summed E-state index contributed by atoms with van der Waals surface area (Å²) in [6, 6.07) is 14.6. The van der Waals surface area contributed by atoms with Gasteiger partial charge in [-0.3, -0.25) is 4.79 Å². The van der Waals surface area contributed by atoms with Crippen LogP contribution >= 0.6 is 0 Å². The van der Waals surface area contributed by atoms with Crippen LogP contribution in [0.2, 0.25) is 0 Å². The predicted octanol–water partition coefficient (Wildman–Crippen LogP) is 4.24. The van der Waals surface area contributed by atoms with Gasteiger partial charge in [0.15, 0.2) is 0 Å². The highest BCUT2D eigenvalue weighted by atomic mass is 16.6. The number of anilines is 1. The van der Waals surface area contributed by atoms with E-state index in [0.717, 1.165) is 36.1 Å². The van der Waals surface area contributed by atoms with E-state index in [1.165, 1.54) is 17.2 Å². The Bertz CT molecular complexity index is 688. The van der Waals surface area contributed by atoms with Crippen molar-refractivity contribution in [2.24, 2.45) is 0 Å². The first-order valence-corrected chi connectivity index (χ1v) is 7.44. The second-order valence-corrected chi connectivity index (χ2v) is 5.33. The maximum atomic E-state index is 10.7. The third-order valence-electron chi connectivity index (χ3n) is 3.87. The van der Waals surface area contributed by atoms with Crippen molar-refractivity contribution in [2.45, 2.75) is 20.0 Å². The van der Waals surface area contributed by atoms with Crippen LogP contribution in [0.4, 0.5) is 5.69 Å². The van der Waals surface area contributed by atoms with E-state index < -0.39 is 0 Å². The molecule has 0 saturated carbocycles. The molecule has 1 aliphatic heterocycles. The maximum absolute atomic E-state index is 10.7. The topological polar surface area (TPSA) is 41.6 Å². The van der Waals surface area contributed by atoms with Crippen LogP contribution in [-0.2, 0) is 16.0 Å². The van der Waals surface area contributed by atoms with Crippen LogP contribution < -0.4 is 5.32 Å². The summed E-state index contributed by atoms with van der Waals surface area (Å²) in [5.74, 6) is 0. The molecule has 3 nitrogen and oxygen atoms in total. The van der Waals surface area contributed by atoms with Crippen molar-refractivity contribution in [1.82, 2.24) is 0 Å². The average molecular weight is 309 g/mol. The van der Waals surface area contributed by atoms with E-state index in [0.29, 0.717) is 0 Å². The monoisotopic (exact) mass is 309 g/mol. The number of nitrogens with one attached hydrogen (secondary N) is 1. The number of carbonyl (C=O) groups excluding carboxylic acids is 1. The molecule has 1 unspecified atom stereocenters. The van der Waals surface area contributed by atoms with Gasteiger partial charge in [-0.1, -0.05) is 49.9 Å². The second kappa shape index (κ2) is 7.75. The number of hydrogen-bond donors (Lipinski definition) is 1. The molecule has 1 fully saturated rings. The molecule has 1 heterocycles. The Morgan fingerprint density at radius 2 is 1.96 bits per heavy atom. The number of rotatable bonds is 6. The van der Waals surface area contributed by atoms with E-state index in [-0.39, 0.29) is 13.5 Å². The number of carbonyl (C=O) groups is 1. The third kappa shape index (κ3) is 3.88. The van der Waals surface area contributed by atoms with Crippen LogP contribution in [0, 0.1) is 0 Å². The summed E-state index contributed by atoms with van der Waals surface area (Å²) >= 11 is 0. The molecule has 0 aliphatic carbocycles. The zero-order valence-corrected chi connectivity index (χ0v) is 12.6. The normalized spacial score (nSPS) is 16.0. The average Bonchev–Trinajstić information content (AvgIpc) is 3.38. The highest BCUT2D eigenvalue weighted by Gasteiger charge is 2.28. The molecule has 0 radical (unpaired) electrons. The molecule has 2 aromatic rings. The van der Waals surface area contributed by atoms with Gasteiger partial charge < -0.3 is 10.1 Å². The van der Waals surface area contributed by atoms with Gasteiger partial charge in [0.05, 0.1) is 6.61 Å². The van der Waals surface area contributed by atoms with Gasteiger partial charge >= 0.3 is 0 Å². The standard InChI is InChI=1S/C19H19NO2.CH4/c1-20-19-15(12-14-6-3-2-4-7-14)9-10-16(18-13-22-18)17(19)8-5-11-21;/h2-11,18,20H,12-13H2,1H3;1H4/b8-5-;. The number of epoxide rings is 1. The van der Waals surface area contributed by atoms with Crippen LogP contribution in [0.5, 0.6) is 0 Å². The molecule has 1 N–H and O–H groups in total. The first-order chi connectivity index (χ1) is 10.8. The van der Waals surface area contributed by atoms with Crippen LogP contribution in [0.3, 0.4) is 0 Å². The summed E-state index contributed by atoms with van der Waals surface area (Å²) in [4.78, 5) is 10.7. The van der Waals surface area contributed by atoms with Crippen molar-refractivity contribution in [3.8, 4) is 0 Å². The fourth-order valence-corrected chi connectivity index (χ4v) is 2.76. The molecule has 0 bridgehead atoms. The number of benzene rings is 2. The molecule has 0 spiro atoms. The SMILES string of the molecule is C.CNc1c(Cc2ccccc2)ccc(C2CO2)c1/C=C\C=O. The maximum Gasteiger partial charge on any atom is 0.142 e. The third-order valence-corrected chi connectivity index (χ3v) is 3.87. The van der Waals surface area contributed by atoms with Crippen LogP contribution in [0.1, 0.15) is 35.8 Å². The summed E-state index contributed by atoms with van der Waals surface area (Å²) in [5.41, 5.74) is 5.73. The lowest BCUT2D eigenvalue weighted by atomic mass is 9.94. The van der Waals surface area contributed by atoms with Gasteiger partial charge in [-0.2, -0.15) is 0 Å². The van der Waals surface area contributed by atoms with Gasteiger partial charge in [-0.15, -0.1) is 0 Å². The van der Waals surface area contributed by atoms with Crippen molar-refractivity contribution in [3.63, 3.8) is 0 Å². The minimum atomic E-state index is 0. The lowest BCUT2D eigenvalue weighted by Gasteiger charge is -2.16. The Morgan fingerprint density at radius 3 is 2.57 bits per heavy atom. The molecule has 23 heavy (non-hydrogen) atoms. The molecule has 2 aromatic carbocycles. The van der Waals surface area contributed by atoms with Gasteiger partial charge in [0, 0.05) is 18.3 Å². The molecule has 1 saturated heterocycles. The summed E-state index contributed by atoms with van der Waals surface area (Å²) in [6.07, 6.45) is 5.22. The lowest BCUT2D eigenvalue weighted by Crippen LogP contribution is -2.02. The summed E-state index contributed by atoms with van der Waals surface area (Å²) in [6.45, 7) is 0.753. The highest BCUT2D eigenvalue weighted by Crippen LogP contribution is 2.38. The largest absolute Gasteiger partial charge is 0.387 e. The van der Waals surface area contributed by atoms with E-state index in [9.17, 15) is 4.79 Å². The Labute approximate surface area is 138 Å². The Balaban J connectivity index is 0.00000192. The van der Waals surface area contributed by atoms with Crippen molar-refractivity contribution >= 4 is 18.0 Å². The summed E-state index contributed by atoms with van der Waals surface area (Å²) < 4.78 is 5.42. The summed E-state index contributed by atoms with van der Waals surface area (Å²) in [5, 5.41) is 3.29. The Kier molecular flexibility index (Phi) is 5.72. The molecule has 0 aromatic heterocycles. The second-order valence-electron chi connectivity index (χ2n) is 5.33. The van der Waals surface area contributed by atoms with Gasteiger partial charge in [0.1, 0.15) is 12.4 Å². The molecule has 1 atom stereocenters. The quantitative estimate of drug-likeness (QED) is 0.493. The Morgan fingerprint density at radius 1 is 1.22 bits per heavy atom. The van der Waals surface area contributed by atoms with E-state index in [2.05, 4.69) is 29.6 Å². The number of allylic oxidation sites excluding steroid dienone is 1. The van der Waals surface area contributed by atoms with Crippen LogP contribution in [0.25, 0.3) is 6.08 Å². The van der Waals surface area contributed by atoms with Crippen molar-refractivity contribution < 1.29 is 9.53 Å². The van der Waals surface area contributed by atoms with Gasteiger partial charge in [-0.25, -0.2) is 0 Å². The zero-order chi connectivity index (χ0) is 15.4. The van der Waals surface area contributed by atoms with Crippen molar-refractivity contribution in [1.29, 1.82) is 0 Å². The molecule has 1 aliphatic rings. The van der Waals surface area contributed by atoms with Gasteiger partial charge in [-0.05, 0) is 35.3 Å². The van der Waals surface area contributed by atoms with Crippen LogP contribution in [0.15, 0.2) is 48.5 Å². The van der Waals surface area contributed by atoms with E-state index in [1.807, 2.05) is 31.3 Å². The minimum absolute atomic E-state index is 0. The molecule has 0 amide bonds. The van der Waals surface area contributed by atoms with Crippen molar-refractivity contribution in [2.75, 3.05) is 19.0 Å². The Hall–Kier alpha value is -2.39. The smallest absolute Gasteiger partial charge is 0.142 e. The summed E-state index contributed by atoms with van der Waals surface area (Å²) in [7, 11) is 1.92. The van der Waals surface area contributed by atoms with Gasteiger partial charge in [0.2, 0.25) is 0 Å². The van der Waals surface area contributed by atoms with Gasteiger partial charge in [0.25, 0.3) is 0 Å². The van der Waals surface area contributed by atoms with E-state index in [4.69, 9.17) is 4.74 Å².